The van der Waals surface area contributed by atoms with Crippen molar-refractivity contribution in [3.05, 3.63) is 35.4 Å². The molecule has 0 aromatic heterocycles. The van der Waals surface area contributed by atoms with Gasteiger partial charge in [-0.05, 0) is 62.6 Å². The number of rotatable bonds is 6. The van der Waals surface area contributed by atoms with Crippen LogP contribution < -0.4 is 10.0 Å². The number of sulfonamides is 1. The van der Waals surface area contributed by atoms with Gasteiger partial charge >= 0.3 is 6.18 Å². The fourth-order valence-corrected chi connectivity index (χ4v) is 5.15. The molecule has 3 rings (SSSR count). The summed E-state index contributed by atoms with van der Waals surface area (Å²) >= 11 is 0. The van der Waals surface area contributed by atoms with Crippen LogP contribution in [-0.4, -0.2) is 46.0 Å². The van der Waals surface area contributed by atoms with Crippen molar-refractivity contribution in [2.45, 2.75) is 68.8 Å². The molecular formula is C20H29F3N2O3S. The van der Waals surface area contributed by atoms with Gasteiger partial charge in [0, 0.05) is 12.1 Å². The first-order chi connectivity index (χ1) is 13.6. The number of nitrogens with one attached hydrogen (secondary N) is 2. The zero-order valence-electron chi connectivity index (χ0n) is 16.5. The standard InChI is InChI=1S/C20H29F3N2O3S/c1-29(26,27)25-18-6-3-11-24-19(18)13-28-17-9-7-14(8-10-17)15-4-2-5-16(12-15)20(21,22)23/h2,4-5,12,14,17-19,24-25H,3,6-11,13H2,1H3/t14?,17?,18-,19-/m0/s1. The molecule has 9 heteroatoms. The zero-order valence-corrected chi connectivity index (χ0v) is 17.4. The van der Waals surface area contributed by atoms with Crippen molar-refractivity contribution in [1.29, 1.82) is 0 Å². The molecule has 0 radical (unpaired) electrons. The van der Waals surface area contributed by atoms with Crippen LogP contribution in [0.1, 0.15) is 55.6 Å². The minimum Gasteiger partial charge on any atom is -0.377 e. The third kappa shape index (κ3) is 6.67. The van der Waals surface area contributed by atoms with E-state index in [4.69, 9.17) is 4.74 Å². The molecule has 1 aromatic rings. The van der Waals surface area contributed by atoms with Gasteiger partial charge in [0.15, 0.2) is 0 Å². The number of hydrogen-bond acceptors (Lipinski definition) is 4. The second-order valence-corrected chi connectivity index (χ2v) is 9.91. The first-order valence-corrected chi connectivity index (χ1v) is 12.0. The molecule has 2 aliphatic rings. The Morgan fingerprint density at radius 1 is 1.17 bits per heavy atom. The van der Waals surface area contributed by atoms with Gasteiger partial charge in [-0.25, -0.2) is 13.1 Å². The first-order valence-electron chi connectivity index (χ1n) is 10.1. The third-order valence-electron chi connectivity index (χ3n) is 5.82. The van der Waals surface area contributed by atoms with Gasteiger partial charge in [-0.3, -0.25) is 0 Å². The summed E-state index contributed by atoms with van der Waals surface area (Å²) in [6, 6.07) is 5.37. The van der Waals surface area contributed by atoms with E-state index in [1.807, 2.05) is 0 Å². The minimum atomic E-state index is -4.32. The van der Waals surface area contributed by atoms with E-state index in [0.717, 1.165) is 63.0 Å². The molecule has 0 amide bonds. The fraction of sp³-hybridized carbons (Fsp3) is 0.700. The van der Waals surface area contributed by atoms with E-state index in [9.17, 15) is 21.6 Å². The van der Waals surface area contributed by atoms with Crippen molar-refractivity contribution in [3.8, 4) is 0 Å². The molecule has 2 fully saturated rings. The summed E-state index contributed by atoms with van der Waals surface area (Å²) in [7, 11) is -3.28. The lowest BCUT2D eigenvalue weighted by molar-refractivity contribution is -0.137. The van der Waals surface area contributed by atoms with Gasteiger partial charge < -0.3 is 10.1 Å². The van der Waals surface area contributed by atoms with Crippen molar-refractivity contribution in [1.82, 2.24) is 10.0 Å². The van der Waals surface area contributed by atoms with Crippen molar-refractivity contribution in [2.75, 3.05) is 19.4 Å². The Labute approximate surface area is 170 Å². The van der Waals surface area contributed by atoms with E-state index in [1.54, 1.807) is 6.07 Å². The molecule has 2 atom stereocenters. The quantitative estimate of drug-likeness (QED) is 0.720. The Morgan fingerprint density at radius 3 is 2.55 bits per heavy atom. The van der Waals surface area contributed by atoms with Gasteiger partial charge in [-0.2, -0.15) is 13.2 Å². The molecule has 0 unspecified atom stereocenters. The highest BCUT2D eigenvalue weighted by Crippen LogP contribution is 2.37. The number of hydrogen-bond donors (Lipinski definition) is 2. The van der Waals surface area contributed by atoms with Crippen LogP contribution in [-0.2, 0) is 20.9 Å². The first kappa shape index (κ1) is 22.5. The lowest BCUT2D eigenvalue weighted by Gasteiger charge is -2.35. The normalized spacial score (nSPS) is 29.0. The highest BCUT2D eigenvalue weighted by Gasteiger charge is 2.32. The average molecular weight is 435 g/mol. The zero-order chi connectivity index (χ0) is 21.1. The Kier molecular flexibility index (Phi) is 7.24. The predicted molar refractivity (Wildman–Crippen MR) is 105 cm³/mol. The lowest BCUT2D eigenvalue weighted by Crippen LogP contribution is -2.55. The Bertz CT molecular complexity index is 777. The molecule has 29 heavy (non-hydrogen) atoms. The third-order valence-corrected chi connectivity index (χ3v) is 6.55. The van der Waals surface area contributed by atoms with Crippen LogP contribution in [0.3, 0.4) is 0 Å². The Balaban J connectivity index is 1.50. The molecule has 1 aliphatic carbocycles. The van der Waals surface area contributed by atoms with Crippen molar-refractivity contribution in [2.24, 2.45) is 0 Å². The molecule has 5 nitrogen and oxygen atoms in total. The van der Waals surface area contributed by atoms with E-state index in [2.05, 4.69) is 10.0 Å². The molecule has 0 spiro atoms. The summed E-state index contributed by atoms with van der Waals surface area (Å²) < 4.78 is 70.7. The SMILES string of the molecule is CS(=O)(=O)N[C@H]1CCCN[C@H]1COC1CCC(c2cccc(C(F)(F)F)c2)CC1. The highest BCUT2D eigenvalue weighted by atomic mass is 32.2. The Hall–Kier alpha value is -1.16. The van der Waals surface area contributed by atoms with Crippen molar-refractivity contribution in [3.63, 3.8) is 0 Å². The summed E-state index contributed by atoms with van der Waals surface area (Å²) in [5.74, 6) is 0.115. The monoisotopic (exact) mass is 434 g/mol. The van der Waals surface area contributed by atoms with Crippen molar-refractivity contribution < 1.29 is 26.3 Å². The molecule has 1 aliphatic heterocycles. The summed E-state index contributed by atoms with van der Waals surface area (Å²) in [6.07, 6.45) is 1.73. The van der Waals surface area contributed by atoms with Gasteiger partial charge in [-0.15, -0.1) is 0 Å². The summed E-state index contributed by atoms with van der Waals surface area (Å²) in [4.78, 5) is 0. The van der Waals surface area contributed by atoms with E-state index in [0.29, 0.717) is 6.61 Å². The van der Waals surface area contributed by atoms with Crippen LogP contribution >= 0.6 is 0 Å². The van der Waals surface area contributed by atoms with Gasteiger partial charge in [0.25, 0.3) is 0 Å². The fourth-order valence-electron chi connectivity index (χ4n) is 4.32. The lowest BCUT2D eigenvalue weighted by atomic mass is 9.82. The van der Waals surface area contributed by atoms with Crippen LogP contribution in [0.2, 0.25) is 0 Å². The highest BCUT2D eigenvalue weighted by molar-refractivity contribution is 7.88. The maximum Gasteiger partial charge on any atom is 0.416 e. The van der Waals surface area contributed by atoms with Crippen molar-refractivity contribution >= 4 is 10.0 Å². The number of halogens is 3. The molecule has 1 heterocycles. The Morgan fingerprint density at radius 2 is 1.90 bits per heavy atom. The summed E-state index contributed by atoms with van der Waals surface area (Å²) in [5.41, 5.74) is 0.144. The smallest absolute Gasteiger partial charge is 0.377 e. The summed E-state index contributed by atoms with van der Waals surface area (Å²) in [5, 5.41) is 3.33. The van der Waals surface area contributed by atoms with Crippen LogP contribution in [0.4, 0.5) is 13.2 Å². The van der Waals surface area contributed by atoms with E-state index in [1.165, 1.54) is 12.1 Å². The van der Waals surface area contributed by atoms with Gasteiger partial charge in [-0.1, -0.05) is 18.2 Å². The maximum atomic E-state index is 12.9. The van der Waals surface area contributed by atoms with Gasteiger partial charge in [0.2, 0.25) is 10.0 Å². The predicted octanol–water partition coefficient (Wildman–Crippen LogP) is 3.42. The van der Waals surface area contributed by atoms with Crippen LogP contribution in [0, 0.1) is 0 Å². The number of alkyl halides is 3. The molecular weight excluding hydrogens is 405 g/mol. The van der Waals surface area contributed by atoms with Gasteiger partial charge in [0.05, 0.1) is 24.5 Å². The molecule has 2 N–H and O–H groups in total. The largest absolute Gasteiger partial charge is 0.416 e. The maximum absolute atomic E-state index is 12.9. The van der Waals surface area contributed by atoms with Crippen LogP contribution in [0.25, 0.3) is 0 Å². The van der Waals surface area contributed by atoms with Crippen LogP contribution in [0.5, 0.6) is 0 Å². The van der Waals surface area contributed by atoms with E-state index in [-0.39, 0.29) is 24.1 Å². The summed E-state index contributed by atoms with van der Waals surface area (Å²) in [6.45, 7) is 1.25. The topological polar surface area (TPSA) is 67.4 Å². The molecule has 1 saturated heterocycles. The molecule has 164 valence electrons. The second-order valence-electron chi connectivity index (χ2n) is 8.13. The second kappa shape index (κ2) is 9.32. The number of ether oxygens (including phenoxy) is 1. The molecule has 1 aromatic carbocycles. The average Bonchev–Trinajstić information content (AvgIpc) is 2.66. The van der Waals surface area contributed by atoms with E-state index >= 15 is 0 Å². The van der Waals surface area contributed by atoms with Crippen LogP contribution in [0.15, 0.2) is 24.3 Å². The molecule has 1 saturated carbocycles. The number of piperidine rings is 1. The minimum absolute atomic E-state index is 0.0552. The van der Waals surface area contributed by atoms with Gasteiger partial charge in [0.1, 0.15) is 0 Å². The number of benzene rings is 1. The van der Waals surface area contributed by atoms with E-state index < -0.39 is 21.8 Å². The molecule has 0 bridgehead atoms.